The van der Waals surface area contributed by atoms with E-state index in [1.165, 1.54) is 0 Å². The van der Waals surface area contributed by atoms with E-state index in [1.54, 1.807) is 10.4 Å². The molecule has 0 radical (unpaired) electrons. The van der Waals surface area contributed by atoms with Crippen molar-refractivity contribution >= 4 is 48.3 Å². The Morgan fingerprint density at radius 3 is 2.43 bits per heavy atom. The van der Waals surface area contributed by atoms with Gasteiger partial charge in [0.2, 0.25) is 10.0 Å². The number of nitrogens with zero attached hydrogens (tertiary/aromatic N) is 2. The molecule has 1 aliphatic heterocycles. The molecule has 3 N–H and O–H groups in total. The number of aromatic amines is 1. The third-order valence-electron chi connectivity index (χ3n) is 8.27. The SMILES string of the molecule is CN(C)c1cccc2c(S(=O)(=O)N3CCC(CNC[C@H](O)COc4cccc5[nH]c6ccccc6c45)CC3)cccc12. The lowest BCUT2D eigenvalue weighted by molar-refractivity contribution is 0.105. The molecular weight excluding hydrogens is 548 g/mol. The molecule has 0 unspecified atom stereocenters. The van der Waals surface area contributed by atoms with E-state index in [0.29, 0.717) is 30.4 Å². The first-order valence-electron chi connectivity index (χ1n) is 14.5. The number of anilines is 1. The number of ether oxygens (including phenoxy) is 1. The molecule has 0 bridgehead atoms. The maximum atomic E-state index is 13.7. The van der Waals surface area contributed by atoms with Crippen LogP contribution in [0.25, 0.3) is 32.6 Å². The minimum atomic E-state index is -3.61. The standard InChI is InChI=1S/C33H38N4O4S/c1-36(2)30-13-5-10-26-25(30)9-6-15-32(26)42(39,40)37-18-16-23(17-19-37)20-34-21-24(38)22-41-31-14-7-12-29-33(31)27-8-3-4-11-28(27)35-29/h3-15,23-24,34-35,38H,16-22H2,1-2H3/t24-/m0/s1. The van der Waals surface area contributed by atoms with Crippen LogP contribution in [0.3, 0.4) is 0 Å². The van der Waals surface area contributed by atoms with E-state index in [2.05, 4.69) is 16.4 Å². The molecule has 6 rings (SSSR count). The number of aromatic nitrogens is 1. The minimum Gasteiger partial charge on any atom is -0.490 e. The Morgan fingerprint density at radius 2 is 1.62 bits per heavy atom. The highest BCUT2D eigenvalue weighted by atomic mass is 32.2. The van der Waals surface area contributed by atoms with Gasteiger partial charge in [0.15, 0.2) is 0 Å². The first-order chi connectivity index (χ1) is 20.3. The molecule has 8 nitrogen and oxygen atoms in total. The fourth-order valence-electron chi connectivity index (χ4n) is 6.06. The lowest BCUT2D eigenvalue weighted by Crippen LogP contribution is -2.42. The summed E-state index contributed by atoms with van der Waals surface area (Å²) in [6.07, 6.45) is 0.883. The maximum Gasteiger partial charge on any atom is 0.243 e. The highest BCUT2D eigenvalue weighted by Gasteiger charge is 2.30. The second kappa shape index (κ2) is 11.9. The van der Waals surface area contributed by atoms with Crippen molar-refractivity contribution in [3.63, 3.8) is 0 Å². The van der Waals surface area contributed by atoms with E-state index in [-0.39, 0.29) is 6.61 Å². The molecule has 1 aromatic heterocycles. The predicted molar refractivity (Wildman–Crippen MR) is 170 cm³/mol. The van der Waals surface area contributed by atoms with E-state index in [0.717, 1.165) is 63.4 Å². The zero-order valence-electron chi connectivity index (χ0n) is 24.1. The fourth-order valence-corrected chi connectivity index (χ4v) is 7.74. The van der Waals surface area contributed by atoms with E-state index in [4.69, 9.17) is 4.74 Å². The monoisotopic (exact) mass is 586 g/mol. The number of rotatable bonds is 10. The average molecular weight is 587 g/mol. The van der Waals surface area contributed by atoms with Crippen LogP contribution in [0.5, 0.6) is 5.75 Å². The second-order valence-electron chi connectivity index (χ2n) is 11.3. The molecule has 0 spiro atoms. The van der Waals surface area contributed by atoms with Crippen molar-refractivity contribution in [2.24, 2.45) is 5.92 Å². The number of hydrogen-bond acceptors (Lipinski definition) is 6. The molecule has 0 amide bonds. The van der Waals surface area contributed by atoms with Crippen molar-refractivity contribution < 1.29 is 18.3 Å². The summed E-state index contributed by atoms with van der Waals surface area (Å²) in [5, 5.41) is 17.8. The summed E-state index contributed by atoms with van der Waals surface area (Å²) in [7, 11) is 0.317. The highest BCUT2D eigenvalue weighted by Crippen LogP contribution is 2.34. The van der Waals surface area contributed by atoms with Crippen LogP contribution in [-0.4, -0.2) is 75.8 Å². The Morgan fingerprint density at radius 1 is 0.929 bits per heavy atom. The van der Waals surface area contributed by atoms with Gasteiger partial charge in [0, 0.05) is 66.5 Å². The number of benzene rings is 4. The predicted octanol–water partition coefficient (Wildman–Crippen LogP) is 4.97. The molecule has 1 saturated heterocycles. The molecule has 9 heteroatoms. The van der Waals surface area contributed by atoms with Crippen LogP contribution in [0, 0.1) is 5.92 Å². The summed E-state index contributed by atoms with van der Waals surface area (Å²) in [6, 6.07) is 25.4. The molecule has 5 aromatic rings. The summed E-state index contributed by atoms with van der Waals surface area (Å²) < 4.78 is 35.0. The molecule has 1 fully saturated rings. The first kappa shape index (κ1) is 28.5. The summed E-state index contributed by atoms with van der Waals surface area (Å²) in [4.78, 5) is 5.79. The third kappa shape index (κ3) is 5.57. The number of sulfonamides is 1. The third-order valence-corrected chi connectivity index (χ3v) is 10.2. The molecule has 1 atom stereocenters. The van der Waals surface area contributed by atoms with Crippen LogP contribution in [0.15, 0.2) is 83.8 Å². The molecule has 220 valence electrons. The number of fused-ring (bicyclic) bond motifs is 4. The van der Waals surface area contributed by atoms with Crippen LogP contribution in [-0.2, 0) is 10.0 Å². The minimum absolute atomic E-state index is 0.183. The van der Waals surface area contributed by atoms with Crippen LogP contribution in [0.2, 0.25) is 0 Å². The van der Waals surface area contributed by atoms with Crippen molar-refractivity contribution in [3.8, 4) is 5.75 Å². The number of hydrogen-bond donors (Lipinski definition) is 3. The van der Waals surface area contributed by atoms with E-state index in [1.807, 2.05) is 85.7 Å². The van der Waals surface area contributed by atoms with Gasteiger partial charge in [-0.15, -0.1) is 0 Å². The molecule has 4 aromatic carbocycles. The second-order valence-corrected chi connectivity index (χ2v) is 13.2. The van der Waals surface area contributed by atoms with Crippen molar-refractivity contribution in [2.75, 3.05) is 51.8 Å². The zero-order chi connectivity index (χ0) is 29.3. The van der Waals surface area contributed by atoms with Gasteiger partial charge in [-0.05, 0) is 55.6 Å². The molecular formula is C33H38N4O4S. The number of nitrogens with one attached hydrogen (secondary N) is 2. The Balaban J connectivity index is 1.01. The summed E-state index contributed by atoms with van der Waals surface area (Å²) >= 11 is 0. The number of aliphatic hydroxyl groups is 1. The van der Waals surface area contributed by atoms with Gasteiger partial charge in [-0.3, -0.25) is 0 Å². The van der Waals surface area contributed by atoms with Gasteiger partial charge in [0.05, 0.1) is 10.4 Å². The molecule has 2 heterocycles. The Labute approximate surface area is 246 Å². The van der Waals surface area contributed by atoms with Gasteiger partial charge in [-0.1, -0.05) is 48.5 Å². The van der Waals surface area contributed by atoms with E-state index < -0.39 is 16.1 Å². The van der Waals surface area contributed by atoms with Crippen molar-refractivity contribution in [2.45, 2.75) is 23.8 Å². The quantitative estimate of drug-likeness (QED) is 0.214. The van der Waals surface area contributed by atoms with Crippen LogP contribution < -0.4 is 15.0 Å². The van der Waals surface area contributed by atoms with Crippen molar-refractivity contribution in [3.05, 3.63) is 78.9 Å². The van der Waals surface area contributed by atoms with Gasteiger partial charge in [0.25, 0.3) is 0 Å². The van der Waals surface area contributed by atoms with E-state index >= 15 is 0 Å². The number of piperidine rings is 1. The van der Waals surface area contributed by atoms with Gasteiger partial charge in [-0.2, -0.15) is 4.31 Å². The maximum absolute atomic E-state index is 13.7. The Kier molecular flexibility index (Phi) is 8.09. The largest absolute Gasteiger partial charge is 0.490 e. The molecule has 42 heavy (non-hydrogen) atoms. The van der Waals surface area contributed by atoms with Crippen molar-refractivity contribution in [1.82, 2.24) is 14.6 Å². The number of H-pyrrole nitrogens is 1. The number of para-hydroxylation sites is 1. The normalized spacial score (nSPS) is 15.9. The van der Waals surface area contributed by atoms with Crippen LogP contribution in [0.4, 0.5) is 5.69 Å². The van der Waals surface area contributed by atoms with E-state index in [9.17, 15) is 13.5 Å². The highest BCUT2D eigenvalue weighted by molar-refractivity contribution is 7.89. The number of aliphatic hydroxyl groups excluding tert-OH is 1. The van der Waals surface area contributed by atoms with Crippen molar-refractivity contribution in [1.29, 1.82) is 0 Å². The van der Waals surface area contributed by atoms with Gasteiger partial charge in [-0.25, -0.2) is 8.42 Å². The lowest BCUT2D eigenvalue weighted by Gasteiger charge is -2.32. The van der Waals surface area contributed by atoms with Crippen LogP contribution >= 0.6 is 0 Å². The molecule has 0 aliphatic carbocycles. The smallest absolute Gasteiger partial charge is 0.243 e. The molecule has 1 aliphatic rings. The fraction of sp³-hybridized carbons (Fsp3) is 0.333. The topological polar surface area (TPSA) is 97.9 Å². The average Bonchev–Trinajstić information content (AvgIpc) is 3.39. The Hall–Kier alpha value is -3.63. The summed E-state index contributed by atoms with van der Waals surface area (Å²) in [5.74, 6) is 1.10. The zero-order valence-corrected chi connectivity index (χ0v) is 24.9. The van der Waals surface area contributed by atoms with Crippen LogP contribution in [0.1, 0.15) is 12.8 Å². The van der Waals surface area contributed by atoms with Gasteiger partial charge >= 0.3 is 0 Å². The lowest BCUT2D eigenvalue weighted by atomic mass is 9.98. The Bertz CT molecular complexity index is 1810. The van der Waals surface area contributed by atoms with Gasteiger partial charge in [0.1, 0.15) is 18.5 Å². The van der Waals surface area contributed by atoms with Gasteiger partial charge < -0.3 is 25.0 Å². The summed E-state index contributed by atoms with van der Waals surface area (Å²) in [5.41, 5.74) is 3.06. The first-order valence-corrected chi connectivity index (χ1v) is 16.0. The molecule has 0 saturated carbocycles. The summed E-state index contributed by atoms with van der Waals surface area (Å²) in [6.45, 7) is 2.29.